The number of carbonyl (C=O) groups excluding carboxylic acids is 2. The average molecular weight is 599 g/mol. The number of ether oxygens (including phenoxy) is 4. The van der Waals surface area contributed by atoms with E-state index in [0.717, 1.165) is 50.4 Å². The van der Waals surface area contributed by atoms with Crippen LogP contribution in [0.4, 0.5) is 0 Å². The third-order valence-corrected chi connectivity index (χ3v) is 8.27. The van der Waals surface area contributed by atoms with Crippen molar-refractivity contribution in [1.82, 2.24) is 0 Å². The van der Waals surface area contributed by atoms with Crippen LogP contribution in [0.25, 0.3) is 33.4 Å². The lowest BCUT2D eigenvalue weighted by Gasteiger charge is -2.19. The van der Waals surface area contributed by atoms with E-state index in [-0.39, 0.29) is 19.1 Å². The van der Waals surface area contributed by atoms with E-state index in [4.69, 9.17) is 18.9 Å². The van der Waals surface area contributed by atoms with Gasteiger partial charge in [0.1, 0.15) is 11.5 Å². The van der Waals surface area contributed by atoms with Gasteiger partial charge in [-0.15, -0.1) is 0 Å². The van der Waals surface area contributed by atoms with Crippen molar-refractivity contribution in [2.45, 2.75) is 19.8 Å². The van der Waals surface area contributed by atoms with Crippen molar-refractivity contribution in [1.29, 1.82) is 0 Å². The van der Waals surface area contributed by atoms with Crippen molar-refractivity contribution in [3.8, 4) is 44.9 Å². The SMILES string of the molecule is CCOC(=O)c1cc(C(=O)OCC)c2ccc(C(c3ccc4ccc(OC)ccc3-4)c3ccc4ccc(OC)ccc3-4)ccc1-2. The summed E-state index contributed by atoms with van der Waals surface area (Å²) in [6, 6.07) is 34.3. The first-order chi connectivity index (χ1) is 22.0. The van der Waals surface area contributed by atoms with Gasteiger partial charge in [-0.1, -0.05) is 72.8 Å². The molecule has 0 aromatic heterocycles. The molecule has 0 bridgehead atoms. The highest BCUT2D eigenvalue weighted by molar-refractivity contribution is 6.08. The number of esters is 2. The minimum Gasteiger partial charge on any atom is -0.497 e. The van der Waals surface area contributed by atoms with Crippen LogP contribution in [0, 0.1) is 0 Å². The smallest absolute Gasteiger partial charge is 0.338 e. The Kier molecular flexibility index (Phi) is 8.39. The van der Waals surface area contributed by atoms with Crippen molar-refractivity contribution in [2.75, 3.05) is 27.4 Å². The third kappa shape index (κ3) is 5.55. The van der Waals surface area contributed by atoms with E-state index in [9.17, 15) is 9.59 Å². The Labute approximate surface area is 263 Å². The average Bonchev–Trinajstić information content (AvgIpc) is 3.57. The van der Waals surface area contributed by atoms with Gasteiger partial charge in [-0.3, -0.25) is 0 Å². The number of rotatable bonds is 9. The molecule has 0 heterocycles. The Bertz CT molecular complexity index is 1770. The van der Waals surface area contributed by atoms with Gasteiger partial charge < -0.3 is 18.9 Å². The van der Waals surface area contributed by atoms with E-state index < -0.39 is 11.9 Å². The van der Waals surface area contributed by atoms with Crippen LogP contribution in [-0.2, 0) is 9.47 Å². The van der Waals surface area contributed by atoms with E-state index in [1.165, 1.54) is 0 Å². The summed E-state index contributed by atoms with van der Waals surface area (Å²) in [6.45, 7) is 3.98. The van der Waals surface area contributed by atoms with Gasteiger partial charge in [-0.05, 0) is 94.3 Å². The van der Waals surface area contributed by atoms with Crippen LogP contribution in [0.15, 0.2) is 103 Å². The van der Waals surface area contributed by atoms with Gasteiger partial charge in [0, 0.05) is 5.92 Å². The fourth-order valence-corrected chi connectivity index (χ4v) is 6.13. The number of carbonyl (C=O) groups is 2. The second kappa shape index (κ2) is 12.7. The summed E-state index contributed by atoms with van der Waals surface area (Å²) in [4.78, 5) is 26.0. The molecule has 0 aromatic carbocycles. The summed E-state index contributed by atoms with van der Waals surface area (Å²) in [5, 5.41) is 0. The Morgan fingerprint density at radius 1 is 0.533 bits per heavy atom. The Hall–Kier alpha value is -5.36. The molecular weight excluding hydrogens is 564 g/mol. The zero-order valence-corrected chi connectivity index (χ0v) is 25.8. The van der Waals surface area contributed by atoms with E-state index in [0.29, 0.717) is 22.3 Å². The molecule has 0 N–H and O–H groups in total. The molecular formula is C39H34O6. The van der Waals surface area contributed by atoms with Gasteiger partial charge in [-0.25, -0.2) is 9.59 Å². The fourth-order valence-electron chi connectivity index (χ4n) is 6.13. The summed E-state index contributed by atoms with van der Waals surface area (Å²) in [6.07, 6.45) is 0. The molecule has 0 radical (unpaired) electrons. The van der Waals surface area contributed by atoms with Crippen molar-refractivity contribution in [3.63, 3.8) is 0 Å². The molecule has 0 aliphatic heterocycles. The Morgan fingerprint density at radius 3 is 1.36 bits per heavy atom. The maximum Gasteiger partial charge on any atom is 0.338 e. The van der Waals surface area contributed by atoms with Crippen LogP contribution < -0.4 is 9.47 Å². The first-order valence-electron chi connectivity index (χ1n) is 15.0. The molecule has 0 saturated heterocycles. The zero-order chi connectivity index (χ0) is 31.5. The molecule has 0 atom stereocenters. The predicted octanol–water partition coefficient (Wildman–Crippen LogP) is 8.55. The molecule has 0 fully saturated rings. The van der Waals surface area contributed by atoms with E-state index in [2.05, 4.69) is 48.5 Å². The maximum absolute atomic E-state index is 13.0. The molecule has 6 aliphatic carbocycles. The Morgan fingerprint density at radius 2 is 0.933 bits per heavy atom. The summed E-state index contributed by atoms with van der Waals surface area (Å²) in [5.74, 6) is 0.405. The normalized spacial score (nSPS) is 11.2. The molecule has 0 amide bonds. The fraction of sp³-hybridized carbons (Fsp3) is 0.179. The second-order valence-corrected chi connectivity index (χ2v) is 10.7. The van der Waals surface area contributed by atoms with Crippen LogP contribution in [0.5, 0.6) is 11.5 Å². The molecule has 6 rings (SSSR count). The lowest BCUT2D eigenvalue weighted by molar-refractivity contribution is 0.0525. The van der Waals surface area contributed by atoms with E-state index >= 15 is 0 Å². The molecule has 6 aliphatic rings. The summed E-state index contributed by atoms with van der Waals surface area (Å²) < 4.78 is 21.7. The minimum atomic E-state index is -0.477. The molecule has 0 saturated carbocycles. The van der Waals surface area contributed by atoms with Crippen molar-refractivity contribution in [3.05, 3.63) is 131 Å². The van der Waals surface area contributed by atoms with Crippen LogP contribution in [0.1, 0.15) is 57.2 Å². The number of hydrogen-bond donors (Lipinski definition) is 0. The van der Waals surface area contributed by atoms with Crippen LogP contribution >= 0.6 is 0 Å². The largest absolute Gasteiger partial charge is 0.497 e. The van der Waals surface area contributed by atoms with E-state index in [1.54, 1.807) is 34.1 Å². The van der Waals surface area contributed by atoms with Crippen molar-refractivity contribution < 1.29 is 28.5 Å². The van der Waals surface area contributed by atoms with Crippen molar-refractivity contribution >= 4 is 11.9 Å². The predicted molar refractivity (Wildman–Crippen MR) is 175 cm³/mol. The zero-order valence-electron chi connectivity index (χ0n) is 25.8. The van der Waals surface area contributed by atoms with Gasteiger partial charge in [0.2, 0.25) is 0 Å². The standard InChI is InChI=1S/C39H34O6/c1-5-44-38(40)35-23-36(39(41)45-6-2)32-18-12-26(11-17-31(32)35)37(33-19-9-24-7-13-27(42-3)15-21-29(24)33)34-20-10-25-8-14-28(43-4)16-22-30(25)34/h7-23,37H,5-6H2,1-4H3. The van der Waals surface area contributed by atoms with Crippen LogP contribution in [0.2, 0.25) is 0 Å². The van der Waals surface area contributed by atoms with Gasteiger partial charge in [0.05, 0.1) is 38.6 Å². The highest BCUT2D eigenvalue weighted by Crippen LogP contribution is 2.45. The highest BCUT2D eigenvalue weighted by Gasteiger charge is 2.28. The number of hydrogen-bond acceptors (Lipinski definition) is 6. The number of methoxy groups -OCH3 is 2. The quantitative estimate of drug-likeness (QED) is 0.155. The molecule has 6 nitrogen and oxygen atoms in total. The summed E-state index contributed by atoms with van der Waals surface area (Å²) in [5.41, 5.74) is 9.56. The van der Waals surface area contributed by atoms with Gasteiger partial charge in [-0.2, -0.15) is 0 Å². The lowest BCUT2D eigenvalue weighted by Crippen LogP contribution is -2.05. The summed E-state index contributed by atoms with van der Waals surface area (Å²) >= 11 is 0. The molecule has 226 valence electrons. The maximum atomic E-state index is 13.0. The van der Waals surface area contributed by atoms with Gasteiger partial charge in [0.15, 0.2) is 0 Å². The topological polar surface area (TPSA) is 71.1 Å². The molecule has 0 spiro atoms. The third-order valence-electron chi connectivity index (χ3n) is 8.27. The van der Waals surface area contributed by atoms with Crippen molar-refractivity contribution in [2.24, 2.45) is 0 Å². The van der Waals surface area contributed by atoms with E-state index in [1.807, 2.05) is 48.5 Å². The molecule has 45 heavy (non-hydrogen) atoms. The summed E-state index contributed by atoms with van der Waals surface area (Å²) in [7, 11) is 3.33. The molecule has 6 heteroatoms. The minimum absolute atomic E-state index is 0.185. The molecule has 0 aromatic rings. The monoisotopic (exact) mass is 598 g/mol. The number of fused-ring (bicyclic) bond motifs is 3. The Balaban J connectivity index is 1.60. The van der Waals surface area contributed by atoms with Crippen LogP contribution in [0.3, 0.4) is 0 Å². The second-order valence-electron chi connectivity index (χ2n) is 10.7. The van der Waals surface area contributed by atoms with Gasteiger partial charge >= 0.3 is 11.9 Å². The lowest BCUT2D eigenvalue weighted by atomic mass is 9.84. The first kappa shape index (κ1) is 29.7. The van der Waals surface area contributed by atoms with Gasteiger partial charge in [0.25, 0.3) is 0 Å². The molecule has 0 unspecified atom stereocenters. The first-order valence-corrected chi connectivity index (χ1v) is 15.0. The van der Waals surface area contributed by atoms with Crippen LogP contribution in [-0.4, -0.2) is 39.4 Å². The highest BCUT2D eigenvalue weighted by atomic mass is 16.5.